The van der Waals surface area contributed by atoms with Crippen molar-refractivity contribution in [1.82, 2.24) is 0 Å². The molecule has 1 aromatic heterocycles. The van der Waals surface area contributed by atoms with Crippen molar-refractivity contribution in [3.8, 4) is 28.6 Å². The van der Waals surface area contributed by atoms with Gasteiger partial charge in [-0.1, -0.05) is 18.2 Å². The molecule has 0 aliphatic rings. The Hall–Kier alpha value is -3.53. The second-order valence-corrected chi connectivity index (χ2v) is 5.78. The van der Waals surface area contributed by atoms with Gasteiger partial charge in [0.1, 0.15) is 28.6 Å². The Morgan fingerprint density at radius 1 is 0.769 bits per heavy atom. The van der Waals surface area contributed by atoms with Crippen LogP contribution in [0.1, 0.15) is 0 Å². The zero-order valence-electron chi connectivity index (χ0n) is 14.1. The maximum atomic E-state index is 12.4. The highest BCUT2D eigenvalue weighted by molar-refractivity contribution is 5.80. The third-order valence-corrected chi connectivity index (χ3v) is 4.05. The predicted molar refractivity (Wildman–Crippen MR) is 101 cm³/mol. The number of hydrogen-bond acceptors (Lipinski definition) is 4. The number of rotatable bonds is 4. The first-order valence-corrected chi connectivity index (χ1v) is 8.18. The van der Waals surface area contributed by atoms with Crippen LogP contribution in [0.25, 0.3) is 22.3 Å². The second-order valence-electron chi connectivity index (χ2n) is 5.78. The van der Waals surface area contributed by atoms with E-state index in [1.807, 2.05) is 54.6 Å². The van der Waals surface area contributed by atoms with Gasteiger partial charge < -0.3 is 13.9 Å². The van der Waals surface area contributed by atoms with E-state index in [1.54, 1.807) is 25.3 Å². The Morgan fingerprint density at radius 2 is 1.46 bits per heavy atom. The average Bonchev–Trinajstić information content (AvgIpc) is 2.69. The average molecular weight is 344 g/mol. The molecule has 0 spiro atoms. The molecule has 0 N–H and O–H groups in total. The van der Waals surface area contributed by atoms with Gasteiger partial charge in [-0.25, -0.2) is 0 Å². The first-order chi connectivity index (χ1) is 12.7. The molecule has 0 fully saturated rings. The summed E-state index contributed by atoms with van der Waals surface area (Å²) < 4.78 is 16.8. The molecule has 1 heterocycles. The van der Waals surface area contributed by atoms with Gasteiger partial charge in [-0.2, -0.15) is 0 Å². The highest BCUT2D eigenvalue weighted by Gasteiger charge is 2.08. The summed E-state index contributed by atoms with van der Waals surface area (Å²) in [7, 11) is 1.57. The molecule has 0 aliphatic carbocycles. The molecule has 0 amide bonds. The van der Waals surface area contributed by atoms with E-state index in [1.165, 1.54) is 6.07 Å². The van der Waals surface area contributed by atoms with Crippen LogP contribution in [-0.4, -0.2) is 7.11 Å². The van der Waals surface area contributed by atoms with Crippen molar-refractivity contribution in [3.63, 3.8) is 0 Å². The molecule has 4 aromatic rings. The minimum absolute atomic E-state index is 0.107. The van der Waals surface area contributed by atoms with Crippen molar-refractivity contribution in [3.05, 3.63) is 89.1 Å². The Kier molecular flexibility index (Phi) is 4.15. The Bertz CT molecular complexity index is 1100. The molecule has 0 bridgehead atoms. The monoisotopic (exact) mass is 344 g/mol. The predicted octanol–water partition coefficient (Wildman–Crippen LogP) is 5.26. The molecule has 26 heavy (non-hydrogen) atoms. The molecule has 128 valence electrons. The minimum Gasteiger partial charge on any atom is -0.497 e. The molecule has 4 rings (SSSR count). The molecule has 0 saturated carbocycles. The van der Waals surface area contributed by atoms with Crippen LogP contribution in [-0.2, 0) is 0 Å². The molecule has 3 aromatic carbocycles. The molecule has 0 atom stereocenters. The Morgan fingerprint density at radius 3 is 2.19 bits per heavy atom. The van der Waals surface area contributed by atoms with Gasteiger partial charge in [0, 0.05) is 11.6 Å². The van der Waals surface area contributed by atoms with Crippen molar-refractivity contribution in [2.75, 3.05) is 7.11 Å². The zero-order chi connectivity index (χ0) is 17.9. The first kappa shape index (κ1) is 16.0. The molecule has 0 unspecified atom stereocenters. The van der Waals surface area contributed by atoms with Gasteiger partial charge in [-0.15, -0.1) is 0 Å². The van der Waals surface area contributed by atoms with E-state index in [-0.39, 0.29) is 5.43 Å². The van der Waals surface area contributed by atoms with Crippen LogP contribution in [0.4, 0.5) is 0 Å². The van der Waals surface area contributed by atoms with Crippen molar-refractivity contribution < 1.29 is 13.9 Å². The van der Waals surface area contributed by atoms with Crippen molar-refractivity contribution in [2.45, 2.75) is 0 Å². The third-order valence-electron chi connectivity index (χ3n) is 4.05. The quantitative estimate of drug-likeness (QED) is 0.506. The minimum atomic E-state index is -0.107. The van der Waals surface area contributed by atoms with Crippen LogP contribution in [0.2, 0.25) is 0 Å². The van der Waals surface area contributed by atoms with Crippen molar-refractivity contribution >= 4 is 11.0 Å². The lowest BCUT2D eigenvalue weighted by molar-refractivity contribution is 0.415. The summed E-state index contributed by atoms with van der Waals surface area (Å²) in [6.07, 6.45) is 0. The third kappa shape index (κ3) is 3.17. The summed E-state index contributed by atoms with van der Waals surface area (Å²) in [5.74, 6) is 2.62. The van der Waals surface area contributed by atoms with Gasteiger partial charge in [0.15, 0.2) is 5.43 Å². The van der Waals surface area contributed by atoms with E-state index in [4.69, 9.17) is 13.9 Å². The van der Waals surface area contributed by atoms with E-state index < -0.39 is 0 Å². The van der Waals surface area contributed by atoms with Gasteiger partial charge >= 0.3 is 0 Å². The Balaban J connectivity index is 1.66. The number of benzene rings is 3. The van der Waals surface area contributed by atoms with E-state index in [0.717, 1.165) is 11.3 Å². The highest BCUT2D eigenvalue weighted by Crippen LogP contribution is 2.27. The second kappa shape index (κ2) is 6.76. The lowest BCUT2D eigenvalue weighted by Crippen LogP contribution is -2.00. The molecule has 0 saturated heterocycles. The Labute approximate surface area is 150 Å². The SMILES string of the molecule is COc1ccc2oc(-c3ccc(Oc4ccccc4)cc3)cc(=O)c2c1. The van der Waals surface area contributed by atoms with Crippen LogP contribution < -0.4 is 14.9 Å². The van der Waals surface area contributed by atoms with Gasteiger partial charge in [0.05, 0.1) is 12.5 Å². The van der Waals surface area contributed by atoms with Crippen LogP contribution in [0.3, 0.4) is 0 Å². The number of ether oxygens (including phenoxy) is 2. The number of para-hydroxylation sites is 1. The summed E-state index contributed by atoms with van der Waals surface area (Å²) >= 11 is 0. The van der Waals surface area contributed by atoms with Gasteiger partial charge in [0.25, 0.3) is 0 Å². The van der Waals surface area contributed by atoms with E-state index in [0.29, 0.717) is 28.2 Å². The van der Waals surface area contributed by atoms with Crippen molar-refractivity contribution in [1.29, 1.82) is 0 Å². The highest BCUT2D eigenvalue weighted by atomic mass is 16.5. The summed E-state index contributed by atoms with van der Waals surface area (Å²) in [4.78, 5) is 12.4. The van der Waals surface area contributed by atoms with Gasteiger partial charge in [0.2, 0.25) is 0 Å². The van der Waals surface area contributed by atoms with Gasteiger partial charge in [-0.05, 0) is 54.6 Å². The van der Waals surface area contributed by atoms with E-state index in [2.05, 4.69) is 0 Å². The molecular weight excluding hydrogens is 328 g/mol. The molecular formula is C22H16O4. The summed E-state index contributed by atoms with van der Waals surface area (Å²) in [5, 5.41) is 0.497. The fraction of sp³-hybridized carbons (Fsp3) is 0.0455. The normalized spacial score (nSPS) is 10.7. The lowest BCUT2D eigenvalue weighted by atomic mass is 10.1. The number of hydrogen-bond donors (Lipinski definition) is 0. The maximum absolute atomic E-state index is 12.4. The van der Waals surface area contributed by atoms with E-state index in [9.17, 15) is 4.79 Å². The summed E-state index contributed by atoms with van der Waals surface area (Å²) in [5.41, 5.74) is 1.22. The fourth-order valence-electron chi connectivity index (χ4n) is 2.72. The molecule has 4 nitrogen and oxygen atoms in total. The number of methoxy groups -OCH3 is 1. The smallest absolute Gasteiger partial charge is 0.193 e. The van der Waals surface area contributed by atoms with Gasteiger partial charge in [-0.3, -0.25) is 4.79 Å². The maximum Gasteiger partial charge on any atom is 0.193 e. The zero-order valence-corrected chi connectivity index (χ0v) is 14.1. The molecule has 4 heteroatoms. The van der Waals surface area contributed by atoms with Crippen LogP contribution in [0.5, 0.6) is 17.2 Å². The molecule has 0 aliphatic heterocycles. The topological polar surface area (TPSA) is 48.7 Å². The first-order valence-electron chi connectivity index (χ1n) is 8.18. The molecule has 0 radical (unpaired) electrons. The number of fused-ring (bicyclic) bond motifs is 1. The summed E-state index contributed by atoms with van der Waals surface area (Å²) in [6, 6.07) is 23.7. The van der Waals surface area contributed by atoms with Crippen LogP contribution >= 0.6 is 0 Å². The lowest BCUT2D eigenvalue weighted by Gasteiger charge is -2.07. The van der Waals surface area contributed by atoms with E-state index >= 15 is 0 Å². The fourth-order valence-corrected chi connectivity index (χ4v) is 2.72. The largest absolute Gasteiger partial charge is 0.497 e. The van der Waals surface area contributed by atoms with Crippen LogP contribution in [0, 0.1) is 0 Å². The summed E-state index contributed by atoms with van der Waals surface area (Å²) in [6.45, 7) is 0. The van der Waals surface area contributed by atoms with Crippen LogP contribution in [0.15, 0.2) is 88.1 Å². The standard InChI is InChI=1S/C22H16O4/c1-24-18-11-12-21-19(13-18)20(23)14-22(26-21)15-7-9-17(10-8-15)25-16-5-3-2-4-6-16/h2-14H,1H3. The van der Waals surface area contributed by atoms with Crippen molar-refractivity contribution in [2.24, 2.45) is 0 Å².